The van der Waals surface area contributed by atoms with Gasteiger partial charge in [0.15, 0.2) is 0 Å². The van der Waals surface area contributed by atoms with Gasteiger partial charge in [-0.15, -0.1) is 0 Å². The van der Waals surface area contributed by atoms with Crippen molar-refractivity contribution in [3.8, 4) is 0 Å². The van der Waals surface area contributed by atoms with Crippen molar-refractivity contribution in [2.75, 3.05) is 20.3 Å². The Labute approximate surface area is 153 Å². The second-order valence-electron chi connectivity index (χ2n) is 5.51. The number of nitrogens with one attached hydrogen (secondary N) is 2. The van der Waals surface area contributed by atoms with Gasteiger partial charge < -0.3 is 25.3 Å². The number of aromatic amines is 1. The molecule has 27 heavy (non-hydrogen) atoms. The number of carboxylic acids is 2. The van der Waals surface area contributed by atoms with Gasteiger partial charge in [0.2, 0.25) is 0 Å². The lowest BCUT2D eigenvalue weighted by atomic mass is 10.1. The number of hydrogen-bond donors (Lipinski definition) is 4. The third kappa shape index (κ3) is 7.27. The van der Waals surface area contributed by atoms with E-state index in [1.807, 2.05) is 24.3 Å². The zero-order valence-corrected chi connectivity index (χ0v) is 14.6. The maximum atomic E-state index is 11.3. The minimum atomic E-state index is -5.08. The summed E-state index contributed by atoms with van der Waals surface area (Å²) in [6.45, 7) is 2.16. The minimum Gasteiger partial charge on any atom is -0.477 e. The van der Waals surface area contributed by atoms with Gasteiger partial charge in [-0.05, 0) is 25.5 Å². The standard InChI is InChI=1S/C15H20N2O3.C2HF3O2/c1-20-9-5-4-8-16-10-12-11-6-2-3-7-13(11)17-14(12)15(18)19;3-2(4,5)1(6)7/h2-3,6-7,16-17H,4-5,8-10H2,1H3,(H,18,19);(H,6,7). The second-order valence-corrected chi connectivity index (χ2v) is 5.51. The molecule has 1 aromatic carbocycles. The number of halogens is 3. The Hall–Kier alpha value is -2.59. The van der Waals surface area contributed by atoms with Crippen LogP contribution in [-0.2, 0) is 16.1 Å². The van der Waals surface area contributed by atoms with E-state index in [0.29, 0.717) is 6.54 Å². The van der Waals surface area contributed by atoms with Crippen molar-refractivity contribution in [3.63, 3.8) is 0 Å². The van der Waals surface area contributed by atoms with Crippen LogP contribution < -0.4 is 5.32 Å². The molecule has 0 amide bonds. The van der Waals surface area contributed by atoms with E-state index in [1.165, 1.54) is 0 Å². The molecule has 150 valence electrons. The number of para-hydroxylation sites is 1. The summed E-state index contributed by atoms with van der Waals surface area (Å²) in [6, 6.07) is 7.65. The smallest absolute Gasteiger partial charge is 0.477 e. The quantitative estimate of drug-likeness (QED) is 0.516. The summed E-state index contributed by atoms with van der Waals surface area (Å²) in [5.74, 6) is -3.68. The van der Waals surface area contributed by atoms with Crippen molar-refractivity contribution >= 4 is 22.8 Å². The number of rotatable bonds is 8. The molecule has 0 saturated carbocycles. The second kappa shape index (κ2) is 10.5. The molecule has 0 saturated heterocycles. The Balaban J connectivity index is 0.000000445. The fourth-order valence-electron chi connectivity index (χ4n) is 2.28. The average molecular weight is 390 g/mol. The molecule has 0 aliphatic carbocycles. The molecule has 0 radical (unpaired) electrons. The van der Waals surface area contributed by atoms with E-state index in [1.54, 1.807) is 7.11 Å². The first-order valence-electron chi connectivity index (χ1n) is 8.01. The Bertz CT molecular complexity index is 759. The van der Waals surface area contributed by atoms with Crippen LogP contribution >= 0.6 is 0 Å². The fraction of sp³-hybridized carbons (Fsp3) is 0.412. The van der Waals surface area contributed by atoms with Crippen LogP contribution in [0.25, 0.3) is 10.9 Å². The largest absolute Gasteiger partial charge is 0.490 e. The highest BCUT2D eigenvalue weighted by molar-refractivity contribution is 5.97. The van der Waals surface area contributed by atoms with Crippen LogP contribution in [0, 0.1) is 0 Å². The first kappa shape index (κ1) is 22.5. The molecule has 1 aromatic heterocycles. The van der Waals surface area contributed by atoms with Gasteiger partial charge in [-0.1, -0.05) is 18.2 Å². The van der Waals surface area contributed by atoms with Crippen molar-refractivity contribution < 1.29 is 37.7 Å². The van der Waals surface area contributed by atoms with E-state index in [4.69, 9.17) is 14.6 Å². The van der Waals surface area contributed by atoms with Crippen LogP contribution in [0.3, 0.4) is 0 Å². The molecule has 7 nitrogen and oxygen atoms in total. The van der Waals surface area contributed by atoms with Crippen molar-refractivity contribution in [3.05, 3.63) is 35.5 Å². The Morgan fingerprint density at radius 2 is 1.81 bits per heavy atom. The normalized spacial score (nSPS) is 11.1. The number of carbonyl (C=O) groups is 2. The van der Waals surface area contributed by atoms with Crippen molar-refractivity contribution in [1.82, 2.24) is 10.3 Å². The fourth-order valence-corrected chi connectivity index (χ4v) is 2.28. The topological polar surface area (TPSA) is 112 Å². The van der Waals surface area contributed by atoms with Gasteiger partial charge in [-0.25, -0.2) is 9.59 Å². The Morgan fingerprint density at radius 3 is 2.37 bits per heavy atom. The molecular weight excluding hydrogens is 369 g/mol. The molecule has 0 fully saturated rings. The summed E-state index contributed by atoms with van der Waals surface area (Å²) in [7, 11) is 1.69. The van der Waals surface area contributed by atoms with Gasteiger partial charge in [0.25, 0.3) is 0 Å². The van der Waals surface area contributed by atoms with E-state index in [0.717, 1.165) is 42.5 Å². The summed E-state index contributed by atoms with van der Waals surface area (Å²) in [6.07, 6.45) is -3.07. The minimum absolute atomic E-state index is 0.274. The highest BCUT2D eigenvalue weighted by atomic mass is 19.4. The number of aromatic carboxylic acids is 1. The van der Waals surface area contributed by atoms with E-state index in [2.05, 4.69) is 10.3 Å². The Kier molecular flexibility index (Phi) is 8.76. The predicted molar refractivity (Wildman–Crippen MR) is 91.8 cm³/mol. The van der Waals surface area contributed by atoms with Gasteiger partial charge in [0.05, 0.1) is 0 Å². The first-order valence-corrected chi connectivity index (χ1v) is 8.01. The lowest BCUT2D eigenvalue weighted by molar-refractivity contribution is -0.192. The van der Waals surface area contributed by atoms with Crippen LogP contribution in [0.4, 0.5) is 13.2 Å². The molecule has 1 heterocycles. The van der Waals surface area contributed by atoms with Gasteiger partial charge in [0.1, 0.15) is 5.69 Å². The number of unbranched alkanes of at least 4 members (excludes halogenated alkanes) is 1. The summed E-state index contributed by atoms with van der Waals surface area (Å²) in [5.41, 5.74) is 1.96. The zero-order valence-electron chi connectivity index (χ0n) is 14.6. The van der Waals surface area contributed by atoms with Crippen LogP contribution in [0.2, 0.25) is 0 Å². The van der Waals surface area contributed by atoms with E-state index in [9.17, 15) is 23.1 Å². The summed E-state index contributed by atoms with van der Waals surface area (Å²) in [4.78, 5) is 23.2. The molecule has 4 N–H and O–H groups in total. The van der Waals surface area contributed by atoms with Gasteiger partial charge in [0, 0.05) is 36.7 Å². The third-order valence-corrected chi connectivity index (χ3v) is 3.52. The molecule has 0 aliphatic rings. The molecule has 0 spiro atoms. The number of methoxy groups -OCH3 is 1. The average Bonchev–Trinajstić information content (AvgIpc) is 2.97. The lowest BCUT2D eigenvalue weighted by Gasteiger charge is -2.05. The molecule has 2 rings (SSSR count). The van der Waals surface area contributed by atoms with Crippen molar-refractivity contribution in [2.24, 2.45) is 0 Å². The van der Waals surface area contributed by atoms with Crippen LogP contribution in [-0.4, -0.2) is 53.6 Å². The van der Waals surface area contributed by atoms with Crippen LogP contribution in [0.15, 0.2) is 24.3 Å². The number of H-pyrrole nitrogens is 1. The summed E-state index contributed by atoms with van der Waals surface area (Å²) in [5, 5.41) is 20.7. The number of alkyl halides is 3. The zero-order chi connectivity index (χ0) is 20.4. The lowest BCUT2D eigenvalue weighted by Crippen LogP contribution is -2.21. The molecule has 0 atom stereocenters. The number of aliphatic carboxylic acids is 1. The highest BCUT2D eigenvalue weighted by Gasteiger charge is 2.38. The third-order valence-electron chi connectivity index (χ3n) is 3.52. The summed E-state index contributed by atoms with van der Waals surface area (Å²) >= 11 is 0. The van der Waals surface area contributed by atoms with Gasteiger partial charge >= 0.3 is 18.1 Å². The highest BCUT2D eigenvalue weighted by Crippen LogP contribution is 2.22. The van der Waals surface area contributed by atoms with Crippen molar-refractivity contribution in [2.45, 2.75) is 25.6 Å². The molecule has 0 unspecified atom stereocenters. The van der Waals surface area contributed by atoms with Crippen LogP contribution in [0.1, 0.15) is 28.9 Å². The molecular formula is C17H21F3N2O5. The van der Waals surface area contributed by atoms with Gasteiger partial charge in [-0.3, -0.25) is 0 Å². The summed E-state index contributed by atoms with van der Waals surface area (Å²) < 4.78 is 36.7. The monoisotopic (exact) mass is 390 g/mol. The first-order chi connectivity index (χ1) is 12.7. The van der Waals surface area contributed by atoms with E-state index < -0.39 is 18.1 Å². The molecule has 0 bridgehead atoms. The SMILES string of the molecule is COCCCCNCc1c(C(=O)O)[nH]c2ccccc12.O=C(O)C(F)(F)F. The number of benzene rings is 1. The number of hydrogen-bond acceptors (Lipinski definition) is 4. The molecule has 0 aliphatic heterocycles. The number of fused-ring (bicyclic) bond motifs is 1. The number of carboxylic acid groups (broad SMARTS) is 2. The molecule has 10 heteroatoms. The number of ether oxygens (including phenoxy) is 1. The van der Waals surface area contributed by atoms with Crippen molar-refractivity contribution in [1.29, 1.82) is 0 Å². The van der Waals surface area contributed by atoms with E-state index in [-0.39, 0.29) is 5.69 Å². The molecule has 2 aromatic rings. The van der Waals surface area contributed by atoms with Gasteiger partial charge in [-0.2, -0.15) is 13.2 Å². The maximum Gasteiger partial charge on any atom is 0.490 e. The Morgan fingerprint density at radius 1 is 1.19 bits per heavy atom. The predicted octanol–water partition coefficient (Wildman–Crippen LogP) is 3.02. The van der Waals surface area contributed by atoms with E-state index >= 15 is 0 Å². The maximum absolute atomic E-state index is 11.3. The number of aromatic nitrogens is 1. The van der Waals surface area contributed by atoms with Crippen LogP contribution in [0.5, 0.6) is 0 Å².